The Morgan fingerprint density at radius 2 is 2.50 bits per heavy atom. The van der Waals surface area contributed by atoms with Crippen LogP contribution < -0.4 is 5.32 Å². The third-order valence-corrected chi connectivity index (χ3v) is 2.25. The molecule has 1 amide bonds. The van der Waals surface area contributed by atoms with Crippen LogP contribution >= 0.6 is 0 Å². The standard InChI is InChI=1S/C9H11NO2/c1-6-2-3-12-9(6)7-4-8(11)10-5-7/h2-3,7H,4-5H2,1H3,(H,10,11). The molecule has 0 aromatic carbocycles. The molecule has 1 aliphatic rings. The predicted octanol–water partition coefficient (Wildman–Crippen LogP) is 1.19. The summed E-state index contributed by atoms with van der Waals surface area (Å²) in [5.74, 6) is 1.32. The summed E-state index contributed by atoms with van der Waals surface area (Å²) in [7, 11) is 0. The van der Waals surface area contributed by atoms with Gasteiger partial charge in [0.1, 0.15) is 5.76 Å². The molecule has 1 unspecified atom stereocenters. The Kier molecular flexibility index (Phi) is 1.64. The molecule has 1 aliphatic heterocycles. The van der Waals surface area contributed by atoms with E-state index in [2.05, 4.69) is 5.32 Å². The average molecular weight is 165 g/mol. The van der Waals surface area contributed by atoms with Crippen molar-refractivity contribution in [1.82, 2.24) is 5.32 Å². The number of nitrogens with one attached hydrogen (secondary N) is 1. The highest BCUT2D eigenvalue weighted by molar-refractivity contribution is 5.79. The second kappa shape index (κ2) is 2.66. The Balaban J connectivity index is 2.21. The minimum atomic E-state index is 0.121. The van der Waals surface area contributed by atoms with E-state index in [0.717, 1.165) is 11.3 Å². The first-order valence-electron chi connectivity index (χ1n) is 4.08. The molecular weight excluding hydrogens is 154 g/mol. The van der Waals surface area contributed by atoms with E-state index < -0.39 is 0 Å². The quantitative estimate of drug-likeness (QED) is 0.679. The van der Waals surface area contributed by atoms with Gasteiger partial charge in [0.15, 0.2) is 0 Å². The van der Waals surface area contributed by atoms with Gasteiger partial charge in [0.2, 0.25) is 5.91 Å². The van der Waals surface area contributed by atoms with Gasteiger partial charge in [-0.3, -0.25) is 4.79 Å². The van der Waals surface area contributed by atoms with E-state index in [1.165, 1.54) is 0 Å². The first-order valence-corrected chi connectivity index (χ1v) is 4.08. The van der Waals surface area contributed by atoms with E-state index in [9.17, 15) is 4.79 Å². The summed E-state index contributed by atoms with van der Waals surface area (Å²) in [6.07, 6.45) is 2.24. The fourth-order valence-electron chi connectivity index (χ4n) is 1.59. The second-order valence-electron chi connectivity index (χ2n) is 3.17. The van der Waals surface area contributed by atoms with Gasteiger partial charge in [-0.05, 0) is 18.6 Å². The van der Waals surface area contributed by atoms with E-state index in [0.29, 0.717) is 13.0 Å². The second-order valence-corrected chi connectivity index (χ2v) is 3.17. The lowest BCUT2D eigenvalue weighted by molar-refractivity contribution is -0.119. The molecule has 0 aliphatic carbocycles. The summed E-state index contributed by atoms with van der Waals surface area (Å²) in [6, 6.07) is 1.93. The Labute approximate surface area is 70.8 Å². The highest BCUT2D eigenvalue weighted by Gasteiger charge is 2.26. The number of carbonyl (C=O) groups is 1. The fourth-order valence-corrected chi connectivity index (χ4v) is 1.59. The fraction of sp³-hybridized carbons (Fsp3) is 0.444. The monoisotopic (exact) mass is 165 g/mol. The van der Waals surface area contributed by atoms with Crippen LogP contribution in [0.25, 0.3) is 0 Å². The molecule has 3 heteroatoms. The molecule has 0 bridgehead atoms. The predicted molar refractivity (Wildman–Crippen MR) is 43.8 cm³/mol. The van der Waals surface area contributed by atoms with Crippen molar-refractivity contribution >= 4 is 5.91 Å². The Morgan fingerprint density at radius 1 is 1.67 bits per heavy atom. The molecule has 64 valence electrons. The summed E-state index contributed by atoms with van der Waals surface area (Å²) in [6.45, 7) is 2.72. The van der Waals surface area contributed by atoms with Crippen LogP contribution in [0, 0.1) is 6.92 Å². The van der Waals surface area contributed by atoms with E-state index in [-0.39, 0.29) is 11.8 Å². The van der Waals surface area contributed by atoms with Gasteiger partial charge in [-0.1, -0.05) is 0 Å². The van der Waals surface area contributed by atoms with Crippen LogP contribution in [0.5, 0.6) is 0 Å². The van der Waals surface area contributed by atoms with Gasteiger partial charge >= 0.3 is 0 Å². The lowest BCUT2D eigenvalue weighted by Crippen LogP contribution is -2.13. The number of aryl methyl sites for hydroxylation is 1. The van der Waals surface area contributed by atoms with Crippen molar-refractivity contribution in [2.45, 2.75) is 19.3 Å². The Hall–Kier alpha value is -1.25. The third-order valence-electron chi connectivity index (χ3n) is 2.25. The largest absolute Gasteiger partial charge is 0.469 e. The van der Waals surface area contributed by atoms with Crippen molar-refractivity contribution in [2.75, 3.05) is 6.54 Å². The zero-order valence-electron chi connectivity index (χ0n) is 6.96. The van der Waals surface area contributed by atoms with Crippen LogP contribution in [-0.2, 0) is 4.79 Å². The molecule has 2 rings (SSSR count). The third kappa shape index (κ3) is 1.11. The molecular formula is C9H11NO2. The van der Waals surface area contributed by atoms with E-state index in [1.54, 1.807) is 6.26 Å². The molecule has 2 heterocycles. The van der Waals surface area contributed by atoms with Crippen LogP contribution in [0.4, 0.5) is 0 Å². The van der Waals surface area contributed by atoms with Gasteiger partial charge in [0.25, 0.3) is 0 Å². The Bertz CT molecular complexity index is 303. The summed E-state index contributed by atoms with van der Waals surface area (Å²) in [4.78, 5) is 10.9. The lowest BCUT2D eigenvalue weighted by Gasteiger charge is -2.03. The normalized spacial score (nSPS) is 22.8. The van der Waals surface area contributed by atoms with E-state index in [4.69, 9.17) is 4.42 Å². The summed E-state index contributed by atoms with van der Waals surface area (Å²) >= 11 is 0. The first-order chi connectivity index (χ1) is 5.77. The van der Waals surface area contributed by atoms with Gasteiger partial charge in [-0.15, -0.1) is 0 Å². The van der Waals surface area contributed by atoms with Crippen molar-refractivity contribution < 1.29 is 9.21 Å². The van der Waals surface area contributed by atoms with Gasteiger partial charge in [-0.2, -0.15) is 0 Å². The van der Waals surface area contributed by atoms with Crippen molar-refractivity contribution in [3.63, 3.8) is 0 Å². The molecule has 1 N–H and O–H groups in total. The van der Waals surface area contributed by atoms with Crippen LogP contribution in [0.1, 0.15) is 23.7 Å². The number of furan rings is 1. The summed E-state index contributed by atoms with van der Waals surface area (Å²) in [5.41, 5.74) is 1.14. The van der Waals surface area contributed by atoms with Crippen molar-refractivity contribution in [3.05, 3.63) is 23.7 Å². The summed E-state index contributed by atoms with van der Waals surface area (Å²) in [5, 5.41) is 2.79. The number of amides is 1. The maximum Gasteiger partial charge on any atom is 0.220 e. The number of hydrogen-bond donors (Lipinski definition) is 1. The Morgan fingerprint density at radius 3 is 3.00 bits per heavy atom. The molecule has 1 atom stereocenters. The number of rotatable bonds is 1. The van der Waals surface area contributed by atoms with Crippen LogP contribution in [0.3, 0.4) is 0 Å². The maximum absolute atomic E-state index is 10.9. The SMILES string of the molecule is Cc1ccoc1C1CNC(=O)C1. The van der Waals surface area contributed by atoms with Crippen LogP contribution in [0.2, 0.25) is 0 Å². The molecule has 1 aromatic rings. The van der Waals surface area contributed by atoms with Crippen molar-refractivity contribution in [3.8, 4) is 0 Å². The smallest absolute Gasteiger partial charge is 0.220 e. The average Bonchev–Trinajstić information content (AvgIpc) is 2.58. The van der Waals surface area contributed by atoms with Gasteiger partial charge in [-0.25, -0.2) is 0 Å². The zero-order valence-corrected chi connectivity index (χ0v) is 6.96. The molecule has 0 spiro atoms. The minimum absolute atomic E-state index is 0.121. The van der Waals surface area contributed by atoms with Crippen molar-refractivity contribution in [1.29, 1.82) is 0 Å². The molecule has 0 radical (unpaired) electrons. The molecule has 1 saturated heterocycles. The summed E-state index contributed by atoms with van der Waals surface area (Å²) < 4.78 is 5.30. The zero-order chi connectivity index (χ0) is 8.55. The molecule has 3 nitrogen and oxygen atoms in total. The minimum Gasteiger partial charge on any atom is -0.469 e. The van der Waals surface area contributed by atoms with E-state index >= 15 is 0 Å². The highest BCUT2D eigenvalue weighted by atomic mass is 16.3. The molecule has 1 fully saturated rings. The van der Waals surface area contributed by atoms with E-state index in [1.807, 2.05) is 13.0 Å². The van der Waals surface area contributed by atoms with Gasteiger partial charge in [0.05, 0.1) is 6.26 Å². The van der Waals surface area contributed by atoms with Crippen LogP contribution in [-0.4, -0.2) is 12.5 Å². The number of carbonyl (C=O) groups excluding carboxylic acids is 1. The maximum atomic E-state index is 10.9. The molecule has 0 saturated carbocycles. The molecule has 12 heavy (non-hydrogen) atoms. The lowest BCUT2D eigenvalue weighted by atomic mass is 10.0. The highest BCUT2D eigenvalue weighted by Crippen LogP contribution is 2.26. The van der Waals surface area contributed by atoms with Crippen molar-refractivity contribution in [2.24, 2.45) is 0 Å². The van der Waals surface area contributed by atoms with Gasteiger partial charge < -0.3 is 9.73 Å². The molecule has 1 aromatic heterocycles. The number of hydrogen-bond acceptors (Lipinski definition) is 2. The van der Waals surface area contributed by atoms with Crippen LogP contribution in [0.15, 0.2) is 16.7 Å². The first kappa shape index (κ1) is 7.40. The topological polar surface area (TPSA) is 42.2 Å². The van der Waals surface area contributed by atoms with Gasteiger partial charge in [0, 0.05) is 18.9 Å².